The molecule has 2 N–H and O–H groups in total. The monoisotopic (exact) mass is 196 g/mol. The van der Waals surface area contributed by atoms with Gasteiger partial charge in [-0.1, -0.05) is 6.92 Å². The average Bonchev–Trinajstić information content (AvgIpc) is 2.15. The molecule has 0 heterocycles. The number of carbonyl (C=O) groups is 1. The van der Waals surface area contributed by atoms with Gasteiger partial charge in [-0.25, -0.2) is 0 Å². The number of aromatic hydroxyl groups is 2. The van der Waals surface area contributed by atoms with E-state index in [0.29, 0.717) is 0 Å². The maximum atomic E-state index is 11.4. The molecule has 0 fully saturated rings. The van der Waals surface area contributed by atoms with Crippen LogP contribution in [0.2, 0.25) is 0 Å². The van der Waals surface area contributed by atoms with Crippen LogP contribution in [0.25, 0.3) is 0 Å². The quantitative estimate of drug-likeness (QED) is 0.722. The van der Waals surface area contributed by atoms with E-state index < -0.39 is 0 Å². The molecule has 4 heteroatoms. The molecule has 0 aromatic heterocycles. The Bertz CT molecular complexity index is 357. The molecule has 0 bridgehead atoms. The predicted octanol–water partition coefficient (Wildman–Crippen LogP) is 1.70. The molecule has 0 saturated heterocycles. The van der Waals surface area contributed by atoms with E-state index in [1.807, 2.05) is 0 Å². The molecule has 0 spiro atoms. The Hall–Kier alpha value is -1.71. The van der Waals surface area contributed by atoms with Gasteiger partial charge in [-0.15, -0.1) is 0 Å². The molecule has 0 aliphatic heterocycles. The van der Waals surface area contributed by atoms with Crippen LogP contribution in [0, 0.1) is 0 Å². The zero-order chi connectivity index (χ0) is 10.7. The van der Waals surface area contributed by atoms with E-state index in [1.54, 1.807) is 6.92 Å². The van der Waals surface area contributed by atoms with E-state index in [9.17, 15) is 9.90 Å². The molecule has 0 aliphatic carbocycles. The Labute approximate surface area is 81.8 Å². The first-order chi connectivity index (χ1) is 6.60. The highest BCUT2D eigenvalue weighted by Gasteiger charge is 2.16. The van der Waals surface area contributed by atoms with Gasteiger partial charge in [0.2, 0.25) is 0 Å². The average molecular weight is 196 g/mol. The van der Waals surface area contributed by atoms with E-state index in [1.165, 1.54) is 13.2 Å². The molecule has 4 nitrogen and oxygen atoms in total. The van der Waals surface area contributed by atoms with Gasteiger partial charge in [0.05, 0.1) is 7.11 Å². The van der Waals surface area contributed by atoms with Gasteiger partial charge >= 0.3 is 0 Å². The minimum Gasteiger partial charge on any atom is -0.508 e. The number of hydrogen-bond acceptors (Lipinski definition) is 4. The number of ether oxygens (including phenoxy) is 1. The number of rotatable bonds is 3. The number of phenolic OH excluding ortho intramolecular Hbond substituents is 2. The molecule has 76 valence electrons. The topological polar surface area (TPSA) is 66.8 Å². The second-order valence-corrected chi connectivity index (χ2v) is 2.82. The molecule has 0 unspecified atom stereocenters. The van der Waals surface area contributed by atoms with Crippen LogP contribution in [-0.2, 0) is 0 Å². The zero-order valence-electron chi connectivity index (χ0n) is 8.07. The molecular formula is C10H12O4. The van der Waals surface area contributed by atoms with Gasteiger partial charge in [0.25, 0.3) is 0 Å². The highest BCUT2D eigenvalue weighted by molar-refractivity contribution is 6.01. The summed E-state index contributed by atoms with van der Waals surface area (Å²) in [7, 11) is 1.38. The van der Waals surface area contributed by atoms with Gasteiger partial charge < -0.3 is 14.9 Å². The van der Waals surface area contributed by atoms with E-state index in [0.717, 1.165) is 6.07 Å². The predicted molar refractivity (Wildman–Crippen MR) is 50.9 cm³/mol. The number of phenols is 2. The summed E-state index contributed by atoms with van der Waals surface area (Å²) < 4.78 is 4.89. The molecule has 1 aromatic rings. The molecule has 0 aliphatic rings. The van der Waals surface area contributed by atoms with Crippen molar-refractivity contribution in [2.45, 2.75) is 13.3 Å². The molecule has 0 atom stereocenters. The third-order valence-electron chi connectivity index (χ3n) is 1.89. The molecule has 1 rings (SSSR count). The summed E-state index contributed by atoms with van der Waals surface area (Å²) in [5, 5.41) is 18.6. The standard InChI is InChI=1S/C10H12O4/c1-3-7(12)10-8(13)4-6(11)5-9(10)14-2/h4-5,11,13H,3H2,1-2H3. The van der Waals surface area contributed by atoms with Crippen LogP contribution in [0.15, 0.2) is 12.1 Å². The first-order valence-electron chi connectivity index (χ1n) is 4.23. The third-order valence-corrected chi connectivity index (χ3v) is 1.89. The molecule has 14 heavy (non-hydrogen) atoms. The number of benzene rings is 1. The number of hydrogen-bond donors (Lipinski definition) is 2. The highest BCUT2D eigenvalue weighted by Crippen LogP contribution is 2.33. The Morgan fingerprint density at radius 2 is 2.07 bits per heavy atom. The molecular weight excluding hydrogens is 184 g/mol. The third kappa shape index (κ3) is 1.79. The first kappa shape index (κ1) is 10.4. The van der Waals surface area contributed by atoms with Crippen molar-refractivity contribution < 1.29 is 19.7 Å². The maximum Gasteiger partial charge on any atom is 0.170 e. The van der Waals surface area contributed by atoms with Gasteiger partial charge in [0.15, 0.2) is 5.78 Å². The summed E-state index contributed by atoms with van der Waals surface area (Å²) in [6.07, 6.45) is 0.273. The summed E-state index contributed by atoms with van der Waals surface area (Å²) >= 11 is 0. The number of Topliss-reactive ketones (excluding diaryl/α,β-unsaturated/α-hetero) is 1. The largest absolute Gasteiger partial charge is 0.508 e. The lowest BCUT2D eigenvalue weighted by atomic mass is 10.1. The van der Waals surface area contributed by atoms with E-state index in [4.69, 9.17) is 9.84 Å². The molecule has 0 amide bonds. The van der Waals surface area contributed by atoms with E-state index in [2.05, 4.69) is 0 Å². The van der Waals surface area contributed by atoms with Crippen molar-refractivity contribution in [2.24, 2.45) is 0 Å². The van der Waals surface area contributed by atoms with Gasteiger partial charge in [-0.05, 0) is 0 Å². The van der Waals surface area contributed by atoms with Crippen LogP contribution in [0.1, 0.15) is 23.7 Å². The Balaban J connectivity index is 3.32. The van der Waals surface area contributed by atoms with Crippen molar-refractivity contribution >= 4 is 5.78 Å². The Morgan fingerprint density at radius 1 is 1.43 bits per heavy atom. The van der Waals surface area contributed by atoms with Crippen LogP contribution in [-0.4, -0.2) is 23.1 Å². The fourth-order valence-corrected chi connectivity index (χ4v) is 1.20. The summed E-state index contributed by atoms with van der Waals surface area (Å²) in [6, 6.07) is 2.41. The van der Waals surface area contributed by atoms with Crippen molar-refractivity contribution in [2.75, 3.05) is 7.11 Å². The number of methoxy groups -OCH3 is 1. The van der Waals surface area contributed by atoms with Crippen LogP contribution in [0.4, 0.5) is 0 Å². The second-order valence-electron chi connectivity index (χ2n) is 2.82. The minimum atomic E-state index is -0.256. The summed E-state index contributed by atoms with van der Waals surface area (Å²) in [5.41, 5.74) is 0.118. The van der Waals surface area contributed by atoms with Crippen molar-refractivity contribution in [3.8, 4) is 17.2 Å². The number of carbonyl (C=O) groups excluding carboxylic acids is 1. The fraction of sp³-hybridized carbons (Fsp3) is 0.300. The van der Waals surface area contributed by atoms with Crippen LogP contribution < -0.4 is 4.74 Å². The van der Waals surface area contributed by atoms with Crippen molar-refractivity contribution in [3.05, 3.63) is 17.7 Å². The molecule has 1 aromatic carbocycles. The van der Waals surface area contributed by atoms with Gasteiger partial charge in [0.1, 0.15) is 22.8 Å². The Morgan fingerprint density at radius 3 is 2.57 bits per heavy atom. The van der Waals surface area contributed by atoms with Crippen molar-refractivity contribution in [1.29, 1.82) is 0 Å². The fourth-order valence-electron chi connectivity index (χ4n) is 1.20. The van der Waals surface area contributed by atoms with Gasteiger partial charge in [0, 0.05) is 18.6 Å². The lowest BCUT2D eigenvalue weighted by Crippen LogP contribution is -2.00. The zero-order valence-corrected chi connectivity index (χ0v) is 8.07. The van der Waals surface area contributed by atoms with Crippen molar-refractivity contribution in [3.63, 3.8) is 0 Å². The maximum absolute atomic E-state index is 11.4. The molecule has 0 saturated carbocycles. The molecule has 0 radical (unpaired) electrons. The normalized spacial score (nSPS) is 9.86. The Kier molecular flexibility index (Phi) is 2.96. The van der Waals surface area contributed by atoms with Crippen LogP contribution >= 0.6 is 0 Å². The summed E-state index contributed by atoms with van der Waals surface area (Å²) in [6.45, 7) is 1.69. The lowest BCUT2D eigenvalue weighted by molar-refractivity contribution is 0.0982. The van der Waals surface area contributed by atoms with E-state index >= 15 is 0 Å². The summed E-state index contributed by atoms with van der Waals surface area (Å²) in [5.74, 6) is -0.422. The SMILES string of the molecule is CCC(=O)c1c(O)cc(O)cc1OC. The first-order valence-corrected chi connectivity index (χ1v) is 4.23. The smallest absolute Gasteiger partial charge is 0.170 e. The van der Waals surface area contributed by atoms with Gasteiger partial charge in [-0.3, -0.25) is 4.79 Å². The number of ketones is 1. The van der Waals surface area contributed by atoms with Crippen molar-refractivity contribution in [1.82, 2.24) is 0 Å². The second kappa shape index (κ2) is 4.00. The highest BCUT2D eigenvalue weighted by atomic mass is 16.5. The lowest BCUT2D eigenvalue weighted by Gasteiger charge is -2.08. The van der Waals surface area contributed by atoms with Crippen LogP contribution in [0.3, 0.4) is 0 Å². The van der Waals surface area contributed by atoms with Crippen LogP contribution in [0.5, 0.6) is 17.2 Å². The van der Waals surface area contributed by atoms with E-state index in [-0.39, 0.29) is 35.0 Å². The minimum absolute atomic E-state index is 0.118. The summed E-state index contributed by atoms with van der Waals surface area (Å²) in [4.78, 5) is 11.4. The van der Waals surface area contributed by atoms with Gasteiger partial charge in [-0.2, -0.15) is 0 Å².